The summed E-state index contributed by atoms with van der Waals surface area (Å²) in [5, 5.41) is 41.5. The molecule has 0 bridgehead atoms. The lowest BCUT2D eigenvalue weighted by Gasteiger charge is -2.12. The van der Waals surface area contributed by atoms with Crippen molar-refractivity contribution in [2.45, 2.75) is 0 Å². The summed E-state index contributed by atoms with van der Waals surface area (Å²) in [5.74, 6) is -0.0553. The molecular weight excluding hydrogens is 420 g/mol. The average molecular weight is 434 g/mol. The summed E-state index contributed by atoms with van der Waals surface area (Å²) in [7, 11) is 0. The fraction of sp³-hybridized carbons (Fsp3) is 0. The van der Waals surface area contributed by atoms with Crippen LogP contribution in [-0.4, -0.2) is 11.0 Å². The van der Waals surface area contributed by atoms with Crippen molar-refractivity contribution in [3.8, 4) is 0 Å². The van der Waals surface area contributed by atoms with E-state index in [0.29, 0.717) is 22.3 Å². The monoisotopic (exact) mass is 434 g/mol. The molecule has 0 aliphatic heterocycles. The van der Waals surface area contributed by atoms with E-state index in [0.717, 1.165) is 0 Å². The maximum absolute atomic E-state index is 12.9. The zero-order valence-corrected chi connectivity index (χ0v) is 15.4. The van der Waals surface area contributed by atoms with Gasteiger partial charge in [0.1, 0.15) is 0 Å². The van der Waals surface area contributed by atoms with Crippen LogP contribution in [0.5, 0.6) is 0 Å². The number of ketones is 1. The van der Waals surface area contributed by atoms with Crippen molar-refractivity contribution in [2.24, 2.45) is 0 Å². The molecule has 0 saturated heterocycles. The minimum Gasteiger partial charge on any atom is -0.305 e. The Morgan fingerprint density at radius 2 is 1.23 bits per heavy atom. The molecule has 1 N–H and O–H groups in total. The summed E-state index contributed by atoms with van der Waals surface area (Å²) in [6, 6.07) is 17.6. The van der Waals surface area contributed by atoms with E-state index in [2.05, 4.69) is 45.3 Å². The van der Waals surface area contributed by atoms with Gasteiger partial charge in [0.15, 0.2) is 11.5 Å². The van der Waals surface area contributed by atoms with E-state index in [9.17, 15) is 4.79 Å². The third kappa shape index (κ3) is 6.61. The van der Waals surface area contributed by atoms with Gasteiger partial charge in [-0.25, -0.2) is 5.26 Å². The zero-order valence-electron chi connectivity index (χ0n) is 15.4. The SMILES string of the molecule is O=C(C1=CC=C/C1=C(/OOOOOOOOOOO)c1ccccc1)c1ccccc1. The van der Waals surface area contributed by atoms with Crippen LogP contribution in [0.1, 0.15) is 15.9 Å². The number of hydrogen-bond acceptors (Lipinski definition) is 12. The molecule has 0 spiro atoms. The summed E-state index contributed by atoms with van der Waals surface area (Å²) in [6.07, 6.45) is 5.03. The third-order valence-electron chi connectivity index (χ3n) is 3.72. The molecule has 1 aliphatic carbocycles. The first-order valence-corrected chi connectivity index (χ1v) is 8.41. The Hall–Kier alpha value is -3.27. The fourth-order valence-electron chi connectivity index (χ4n) is 2.53. The second-order valence-electron chi connectivity index (χ2n) is 5.45. The molecule has 1 aliphatic rings. The van der Waals surface area contributed by atoms with Gasteiger partial charge in [-0.3, -0.25) is 4.79 Å². The highest BCUT2D eigenvalue weighted by atomic mass is 17.9. The van der Waals surface area contributed by atoms with Crippen LogP contribution in [0.4, 0.5) is 0 Å². The molecule has 0 heterocycles. The topological polar surface area (TPSA) is 130 Å². The van der Waals surface area contributed by atoms with E-state index in [1.165, 1.54) is 0 Å². The lowest BCUT2D eigenvalue weighted by atomic mass is 9.96. The number of benzene rings is 2. The predicted molar refractivity (Wildman–Crippen MR) is 94.8 cm³/mol. The van der Waals surface area contributed by atoms with E-state index >= 15 is 0 Å². The molecule has 0 unspecified atom stereocenters. The molecule has 162 valence electrons. The molecule has 12 nitrogen and oxygen atoms in total. The summed E-state index contributed by atoms with van der Waals surface area (Å²) in [6.45, 7) is 0. The number of carbonyl (C=O) groups excluding carboxylic acids is 1. The first kappa shape index (κ1) is 22.4. The van der Waals surface area contributed by atoms with Gasteiger partial charge in [0.05, 0.1) is 0 Å². The Labute approximate surface area is 173 Å². The van der Waals surface area contributed by atoms with E-state index < -0.39 is 0 Å². The molecule has 31 heavy (non-hydrogen) atoms. The van der Waals surface area contributed by atoms with Crippen molar-refractivity contribution in [2.75, 3.05) is 0 Å². The van der Waals surface area contributed by atoms with Gasteiger partial charge in [-0.1, -0.05) is 78.9 Å². The number of rotatable bonds is 13. The standard InChI is InChI=1S/C19H14O12/c20-18(14-8-3-1-4-9-14)16-12-7-13-17(16)19(15-10-5-2-6-11-15)22-24-26-28-30-31-29-27-25-23-21/h1-13,21H/b19-17-. The van der Waals surface area contributed by atoms with Crippen LogP contribution in [0, 0.1) is 0 Å². The highest BCUT2D eigenvalue weighted by molar-refractivity contribution is 6.14. The van der Waals surface area contributed by atoms with Gasteiger partial charge in [-0.2, -0.15) is 0 Å². The van der Waals surface area contributed by atoms with Gasteiger partial charge < -0.3 is 4.89 Å². The van der Waals surface area contributed by atoms with Crippen molar-refractivity contribution in [3.05, 3.63) is 101 Å². The Morgan fingerprint density at radius 3 is 1.84 bits per heavy atom. The van der Waals surface area contributed by atoms with Crippen LogP contribution in [0.25, 0.3) is 5.76 Å². The first-order chi connectivity index (χ1) is 15.3. The maximum Gasteiger partial charge on any atom is 0.193 e. The molecule has 12 heteroatoms. The van der Waals surface area contributed by atoms with Crippen LogP contribution in [0.3, 0.4) is 0 Å². The average Bonchev–Trinajstić information content (AvgIpc) is 3.30. The quantitative estimate of drug-likeness (QED) is 0.162. The lowest BCUT2D eigenvalue weighted by molar-refractivity contribution is -0.852. The number of hydrogen-bond donors (Lipinski definition) is 1. The first-order valence-electron chi connectivity index (χ1n) is 8.41. The van der Waals surface area contributed by atoms with Crippen molar-refractivity contribution in [3.63, 3.8) is 0 Å². The van der Waals surface area contributed by atoms with Crippen LogP contribution in [0.15, 0.2) is 90.0 Å². The van der Waals surface area contributed by atoms with E-state index in [4.69, 9.17) is 10.1 Å². The second kappa shape index (κ2) is 12.4. The smallest absolute Gasteiger partial charge is 0.193 e. The van der Waals surface area contributed by atoms with Crippen molar-refractivity contribution < 1.29 is 60.3 Å². The van der Waals surface area contributed by atoms with Gasteiger partial charge in [0, 0.05) is 47.5 Å². The summed E-state index contributed by atoms with van der Waals surface area (Å²) in [4.78, 5) is 18.1. The van der Waals surface area contributed by atoms with Gasteiger partial charge in [-0.05, 0) is 20.2 Å². The molecule has 0 fully saturated rings. The van der Waals surface area contributed by atoms with E-state index in [1.807, 2.05) is 6.07 Å². The zero-order chi connectivity index (χ0) is 21.7. The Bertz CT molecular complexity index is 923. The minimum absolute atomic E-state index is 0.155. The lowest BCUT2D eigenvalue weighted by Crippen LogP contribution is -2.07. The van der Waals surface area contributed by atoms with E-state index in [-0.39, 0.29) is 11.5 Å². The normalized spacial score (nSPS) is 14.4. The largest absolute Gasteiger partial charge is 0.305 e. The fourth-order valence-corrected chi connectivity index (χ4v) is 2.53. The molecule has 0 amide bonds. The number of allylic oxidation sites excluding steroid dienone is 5. The summed E-state index contributed by atoms with van der Waals surface area (Å²) < 4.78 is 0. The molecular formula is C19H14O12. The van der Waals surface area contributed by atoms with Gasteiger partial charge in [0.2, 0.25) is 0 Å². The molecule has 3 rings (SSSR count). The Balaban J connectivity index is 1.66. The summed E-state index contributed by atoms with van der Waals surface area (Å²) >= 11 is 0. The van der Waals surface area contributed by atoms with Gasteiger partial charge >= 0.3 is 0 Å². The Kier molecular flexibility index (Phi) is 8.99. The van der Waals surface area contributed by atoms with Crippen LogP contribution in [-0.2, 0) is 50.2 Å². The van der Waals surface area contributed by atoms with Gasteiger partial charge in [-0.15, -0.1) is 0 Å². The molecule has 2 aromatic carbocycles. The van der Waals surface area contributed by atoms with Crippen molar-refractivity contribution in [1.82, 2.24) is 0 Å². The number of carbonyl (C=O) groups is 1. The van der Waals surface area contributed by atoms with Crippen molar-refractivity contribution in [1.29, 1.82) is 0 Å². The number of Topliss-reactive ketones (excluding diaryl/α,β-unsaturated/α-hetero) is 1. The van der Waals surface area contributed by atoms with Crippen LogP contribution < -0.4 is 0 Å². The minimum atomic E-state index is -0.210. The van der Waals surface area contributed by atoms with Crippen molar-refractivity contribution >= 4 is 11.5 Å². The summed E-state index contributed by atoms with van der Waals surface area (Å²) in [5.41, 5.74) is 1.91. The third-order valence-corrected chi connectivity index (χ3v) is 3.72. The van der Waals surface area contributed by atoms with Gasteiger partial charge in [0.25, 0.3) is 0 Å². The molecule has 0 radical (unpaired) electrons. The highest BCUT2D eigenvalue weighted by Crippen LogP contribution is 2.31. The molecule has 0 saturated carbocycles. The molecule has 2 aromatic rings. The van der Waals surface area contributed by atoms with Crippen LogP contribution >= 0.6 is 0 Å². The highest BCUT2D eigenvalue weighted by Gasteiger charge is 2.23. The van der Waals surface area contributed by atoms with Crippen LogP contribution in [0.2, 0.25) is 0 Å². The van der Waals surface area contributed by atoms with E-state index in [1.54, 1.807) is 72.8 Å². The predicted octanol–water partition coefficient (Wildman–Crippen LogP) is 3.65. The molecule has 0 atom stereocenters. The molecule has 0 aromatic heterocycles. The Morgan fingerprint density at radius 1 is 0.677 bits per heavy atom. The second-order valence-corrected chi connectivity index (χ2v) is 5.45. The maximum atomic E-state index is 12.9.